The molecule has 1 heterocycles. The zero-order valence-electron chi connectivity index (χ0n) is 12.9. The SMILES string of the molecule is CCCc1nn(C)c(Oc2c(C)cc(C#N)cc2C)c1N. The lowest BCUT2D eigenvalue weighted by Gasteiger charge is -2.12. The van der Waals surface area contributed by atoms with Gasteiger partial charge in [-0.25, -0.2) is 4.68 Å². The molecule has 0 radical (unpaired) electrons. The maximum atomic E-state index is 8.99. The van der Waals surface area contributed by atoms with Gasteiger partial charge in [-0.15, -0.1) is 0 Å². The molecule has 0 fully saturated rings. The summed E-state index contributed by atoms with van der Waals surface area (Å²) in [7, 11) is 1.82. The van der Waals surface area contributed by atoms with Gasteiger partial charge >= 0.3 is 0 Å². The second kappa shape index (κ2) is 5.88. The predicted molar refractivity (Wildman–Crippen MR) is 82.3 cm³/mol. The Labute approximate surface area is 124 Å². The lowest BCUT2D eigenvalue weighted by molar-refractivity contribution is 0.427. The summed E-state index contributed by atoms with van der Waals surface area (Å²) in [6.07, 6.45) is 1.81. The molecule has 0 amide bonds. The molecule has 0 unspecified atom stereocenters. The van der Waals surface area contributed by atoms with E-state index in [1.54, 1.807) is 4.68 Å². The number of hydrogen-bond donors (Lipinski definition) is 1. The Morgan fingerprint density at radius 3 is 2.48 bits per heavy atom. The quantitative estimate of drug-likeness (QED) is 0.935. The zero-order valence-corrected chi connectivity index (χ0v) is 12.9. The Hall–Kier alpha value is -2.48. The van der Waals surface area contributed by atoms with Crippen molar-refractivity contribution in [2.75, 3.05) is 5.73 Å². The third kappa shape index (κ3) is 2.84. The second-order valence-corrected chi connectivity index (χ2v) is 5.19. The van der Waals surface area contributed by atoms with Crippen molar-refractivity contribution in [3.63, 3.8) is 0 Å². The van der Waals surface area contributed by atoms with Crippen molar-refractivity contribution in [2.45, 2.75) is 33.6 Å². The summed E-state index contributed by atoms with van der Waals surface area (Å²) in [4.78, 5) is 0. The molecule has 0 bridgehead atoms. The van der Waals surface area contributed by atoms with E-state index < -0.39 is 0 Å². The van der Waals surface area contributed by atoms with Gasteiger partial charge in [0.15, 0.2) is 0 Å². The molecule has 0 spiro atoms. The van der Waals surface area contributed by atoms with Crippen LogP contribution in [-0.2, 0) is 13.5 Å². The molecule has 2 rings (SSSR count). The molecule has 2 aromatic rings. The lowest BCUT2D eigenvalue weighted by Crippen LogP contribution is -2.00. The minimum Gasteiger partial charge on any atom is -0.437 e. The summed E-state index contributed by atoms with van der Waals surface area (Å²) < 4.78 is 7.66. The van der Waals surface area contributed by atoms with Crippen LogP contribution in [0.1, 0.15) is 35.7 Å². The van der Waals surface area contributed by atoms with Crippen LogP contribution in [0, 0.1) is 25.2 Å². The van der Waals surface area contributed by atoms with Crippen molar-refractivity contribution in [1.82, 2.24) is 9.78 Å². The molecule has 5 heteroatoms. The number of aryl methyl sites for hydroxylation is 4. The molecule has 2 N–H and O–H groups in total. The summed E-state index contributed by atoms with van der Waals surface area (Å²) in [5.41, 5.74) is 10.0. The van der Waals surface area contributed by atoms with Crippen molar-refractivity contribution in [3.8, 4) is 17.7 Å². The van der Waals surface area contributed by atoms with Gasteiger partial charge in [0.1, 0.15) is 11.4 Å². The molecule has 1 aromatic carbocycles. The van der Waals surface area contributed by atoms with E-state index in [2.05, 4.69) is 18.1 Å². The molecular formula is C16H20N4O. The van der Waals surface area contributed by atoms with E-state index in [1.165, 1.54) is 0 Å². The van der Waals surface area contributed by atoms with Gasteiger partial charge in [0, 0.05) is 7.05 Å². The van der Waals surface area contributed by atoms with E-state index in [9.17, 15) is 0 Å². The Morgan fingerprint density at radius 2 is 1.95 bits per heavy atom. The summed E-state index contributed by atoms with van der Waals surface area (Å²) in [5, 5.41) is 13.4. The van der Waals surface area contributed by atoms with E-state index in [0.29, 0.717) is 17.1 Å². The van der Waals surface area contributed by atoms with Crippen LogP contribution in [0.3, 0.4) is 0 Å². The summed E-state index contributed by atoms with van der Waals surface area (Å²) in [5.74, 6) is 1.28. The van der Waals surface area contributed by atoms with Crippen LogP contribution in [0.25, 0.3) is 0 Å². The van der Waals surface area contributed by atoms with E-state index in [4.69, 9.17) is 15.7 Å². The van der Waals surface area contributed by atoms with Crippen LogP contribution in [0.2, 0.25) is 0 Å². The topological polar surface area (TPSA) is 76.9 Å². The summed E-state index contributed by atoms with van der Waals surface area (Å²) in [6.45, 7) is 5.93. The first-order valence-corrected chi connectivity index (χ1v) is 6.98. The van der Waals surface area contributed by atoms with Gasteiger partial charge < -0.3 is 10.5 Å². The smallest absolute Gasteiger partial charge is 0.241 e. The van der Waals surface area contributed by atoms with E-state index >= 15 is 0 Å². The van der Waals surface area contributed by atoms with Crippen LogP contribution in [0.15, 0.2) is 12.1 Å². The number of ether oxygens (including phenoxy) is 1. The van der Waals surface area contributed by atoms with E-state index in [0.717, 1.165) is 35.4 Å². The zero-order chi connectivity index (χ0) is 15.6. The number of nitriles is 1. The monoisotopic (exact) mass is 284 g/mol. The van der Waals surface area contributed by atoms with Crippen LogP contribution in [0.5, 0.6) is 11.6 Å². The van der Waals surface area contributed by atoms with Gasteiger partial charge in [0.05, 0.1) is 17.3 Å². The highest BCUT2D eigenvalue weighted by atomic mass is 16.5. The summed E-state index contributed by atoms with van der Waals surface area (Å²) >= 11 is 0. The molecule has 0 aliphatic heterocycles. The van der Waals surface area contributed by atoms with Crippen LogP contribution in [-0.4, -0.2) is 9.78 Å². The number of nitrogen functional groups attached to an aromatic ring is 1. The van der Waals surface area contributed by atoms with Crippen molar-refractivity contribution < 1.29 is 4.74 Å². The van der Waals surface area contributed by atoms with E-state index in [-0.39, 0.29) is 0 Å². The number of anilines is 1. The Bertz CT molecular complexity index is 687. The maximum absolute atomic E-state index is 8.99. The first-order valence-electron chi connectivity index (χ1n) is 6.98. The number of aromatic nitrogens is 2. The van der Waals surface area contributed by atoms with E-state index in [1.807, 2.05) is 33.0 Å². The van der Waals surface area contributed by atoms with Crippen molar-refractivity contribution in [2.24, 2.45) is 7.05 Å². The van der Waals surface area contributed by atoms with Crippen LogP contribution in [0.4, 0.5) is 5.69 Å². The van der Waals surface area contributed by atoms with Gasteiger partial charge in [0.2, 0.25) is 5.88 Å². The molecule has 0 aliphatic rings. The largest absolute Gasteiger partial charge is 0.437 e. The minimum atomic E-state index is 0.550. The highest BCUT2D eigenvalue weighted by Crippen LogP contribution is 2.34. The number of nitrogens with zero attached hydrogens (tertiary/aromatic N) is 3. The Balaban J connectivity index is 2.42. The normalized spacial score (nSPS) is 10.4. The van der Waals surface area contributed by atoms with Gasteiger partial charge in [-0.2, -0.15) is 10.4 Å². The predicted octanol–water partition coefficient (Wildman–Crippen LogP) is 3.24. The molecule has 1 aromatic heterocycles. The molecule has 0 aliphatic carbocycles. The van der Waals surface area contributed by atoms with Gasteiger partial charge in [-0.3, -0.25) is 0 Å². The molecule has 0 saturated heterocycles. The molecular weight excluding hydrogens is 264 g/mol. The third-order valence-electron chi connectivity index (χ3n) is 3.38. The van der Waals surface area contributed by atoms with Crippen molar-refractivity contribution in [1.29, 1.82) is 5.26 Å². The molecule has 0 atom stereocenters. The average molecular weight is 284 g/mol. The molecule has 110 valence electrons. The highest BCUT2D eigenvalue weighted by Gasteiger charge is 2.17. The Kier molecular flexibility index (Phi) is 4.18. The van der Waals surface area contributed by atoms with Crippen molar-refractivity contribution in [3.05, 3.63) is 34.5 Å². The first kappa shape index (κ1) is 14.9. The molecule has 5 nitrogen and oxygen atoms in total. The fourth-order valence-corrected chi connectivity index (χ4v) is 2.39. The molecule has 0 saturated carbocycles. The number of rotatable bonds is 4. The second-order valence-electron chi connectivity index (χ2n) is 5.19. The van der Waals surface area contributed by atoms with Gasteiger partial charge in [-0.05, 0) is 43.5 Å². The summed E-state index contributed by atoms with van der Waals surface area (Å²) in [6, 6.07) is 5.76. The lowest BCUT2D eigenvalue weighted by atomic mass is 10.1. The first-order chi connectivity index (χ1) is 9.97. The van der Waals surface area contributed by atoms with Crippen LogP contribution < -0.4 is 10.5 Å². The number of nitrogens with two attached hydrogens (primary N) is 1. The van der Waals surface area contributed by atoms with Crippen LogP contribution >= 0.6 is 0 Å². The Morgan fingerprint density at radius 1 is 1.33 bits per heavy atom. The number of benzene rings is 1. The molecule has 21 heavy (non-hydrogen) atoms. The van der Waals surface area contributed by atoms with Gasteiger partial charge in [-0.1, -0.05) is 13.3 Å². The average Bonchev–Trinajstić information content (AvgIpc) is 2.70. The number of hydrogen-bond acceptors (Lipinski definition) is 4. The standard InChI is InChI=1S/C16H20N4O/c1-5-6-13-14(18)16(20(4)19-13)21-15-10(2)7-12(9-17)8-11(15)3/h7-8H,5-6,18H2,1-4H3. The minimum absolute atomic E-state index is 0.550. The fourth-order valence-electron chi connectivity index (χ4n) is 2.39. The van der Waals surface area contributed by atoms with Crippen molar-refractivity contribution >= 4 is 5.69 Å². The maximum Gasteiger partial charge on any atom is 0.241 e. The highest BCUT2D eigenvalue weighted by molar-refractivity contribution is 5.56. The van der Waals surface area contributed by atoms with Gasteiger partial charge in [0.25, 0.3) is 0 Å². The fraction of sp³-hybridized carbons (Fsp3) is 0.375. The third-order valence-corrected chi connectivity index (χ3v) is 3.38.